The molecule has 2 aromatic carbocycles. The van der Waals surface area contributed by atoms with Crippen LogP contribution in [-0.2, 0) is 16.1 Å². The van der Waals surface area contributed by atoms with Crippen LogP contribution in [0.2, 0.25) is 0 Å². The summed E-state index contributed by atoms with van der Waals surface area (Å²) in [7, 11) is 0. The Kier molecular flexibility index (Phi) is 5.75. The van der Waals surface area contributed by atoms with E-state index < -0.39 is 18.0 Å². The van der Waals surface area contributed by atoms with Gasteiger partial charge in [0.15, 0.2) is 0 Å². The molecule has 0 saturated carbocycles. The van der Waals surface area contributed by atoms with E-state index in [4.69, 9.17) is 9.84 Å². The van der Waals surface area contributed by atoms with Gasteiger partial charge in [-0.2, -0.15) is 0 Å². The zero-order valence-electron chi connectivity index (χ0n) is 18.4. The van der Waals surface area contributed by atoms with E-state index in [1.54, 1.807) is 10.8 Å². The molecule has 0 radical (unpaired) electrons. The first-order chi connectivity index (χ1) is 16.5. The lowest BCUT2D eigenvalue weighted by molar-refractivity contribution is -0.146. The molecule has 1 fully saturated rings. The number of ether oxygens (including phenoxy) is 1. The highest BCUT2D eigenvalue weighted by molar-refractivity contribution is 5.93. The van der Waals surface area contributed by atoms with Gasteiger partial charge in [-0.1, -0.05) is 48.5 Å². The van der Waals surface area contributed by atoms with Crippen molar-refractivity contribution < 1.29 is 24.2 Å². The highest BCUT2D eigenvalue weighted by atomic mass is 16.5. The average Bonchev–Trinajstić information content (AvgIpc) is 3.39. The van der Waals surface area contributed by atoms with Gasteiger partial charge in [-0.25, -0.2) is 9.78 Å². The molecule has 0 atom stereocenters. The maximum Gasteiger partial charge on any atom is 0.407 e. The van der Waals surface area contributed by atoms with Crippen molar-refractivity contribution in [3.05, 3.63) is 77.9 Å². The van der Waals surface area contributed by atoms with Gasteiger partial charge in [-0.3, -0.25) is 9.59 Å². The molecule has 174 valence electrons. The summed E-state index contributed by atoms with van der Waals surface area (Å²) in [6.45, 7) is 1.37. The Labute approximate surface area is 196 Å². The zero-order valence-corrected chi connectivity index (χ0v) is 18.4. The van der Waals surface area contributed by atoms with Crippen molar-refractivity contribution in [1.29, 1.82) is 0 Å². The molecule has 9 heteroatoms. The Balaban J connectivity index is 1.10. The van der Waals surface area contributed by atoms with Crippen LogP contribution in [0.5, 0.6) is 0 Å². The number of fused-ring (bicyclic) bond motifs is 3. The SMILES string of the molecule is O=C(NCCn1cnc(C(=O)N2CC(C(=O)O)C2)c1)OCC1c2ccccc2-c2ccccc21. The minimum absolute atomic E-state index is 0.00241. The molecule has 0 unspecified atom stereocenters. The lowest BCUT2D eigenvalue weighted by atomic mass is 9.98. The van der Waals surface area contributed by atoms with Crippen molar-refractivity contribution in [2.45, 2.75) is 12.5 Å². The van der Waals surface area contributed by atoms with E-state index in [-0.39, 0.29) is 37.2 Å². The third-order valence-corrected chi connectivity index (χ3v) is 6.35. The number of carboxylic acid groups (broad SMARTS) is 1. The standard InChI is InChI=1S/C25H24N4O5/c30-23(29-11-16(12-29)24(31)32)22-13-28(15-27-22)10-9-26-25(33)34-14-21-19-7-3-1-5-17(19)18-6-2-4-8-20(18)21/h1-8,13,15-16,21H,9-12,14H2,(H,26,33)(H,31,32). The van der Waals surface area contributed by atoms with E-state index in [0.29, 0.717) is 13.1 Å². The smallest absolute Gasteiger partial charge is 0.407 e. The lowest BCUT2D eigenvalue weighted by Crippen LogP contribution is -2.53. The molecule has 0 spiro atoms. The topological polar surface area (TPSA) is 114 Å². The molecule has 2 N–H and O–H groups in total. The van der Waals surface area contributed by atoms with Crippen LogP contribution in [0.3, 0.4) is 0 Å². The number of carbonyl (C=O) groups excluding carboxylic acids is 2. The molecule has 1 saturated heterocycles. The van der Waals surface area contributed by atoms with Crippen molar-refractivity contribution in [3.8, 4) is 11.1 Å². The van der Waals surface area contributed by atoms with Gasteiger partial charge < -0.3 is 24.6 Å². The molecule has 2 aliphatic rings. The molecule has 34 heavy (non-hydrogen) atoms. The van der Waals surface area contributed by atoms with Crippen molar-refractivity contribution in [3.63, 3.8) is 0 Å². The Morgan fingerprint density at radius 2 is 1.68 bits per heavy atom. The second-order valence-corrected chi connectivity index (χ2v) is 8.49. The molecular weight excluding hydrogens is 436 g/mol. The Morgan fingerprint density at radius 3 is 2.32 bits per heavy atom. The summed E-state index contributed by atoms with van der Waals surface area (Å²) in [6.07, 6.45) is 2.61. The van der Waals surface area contributed by atoms with E-state index in [0.717, 1.165) is 11.1 Å². The van der Waals surface area contributed by atoms with Crippen molar-refractivity contribution in [2.24, 2.45) is 5.92 Å². The Morgan fingerprint density at radius 1 is 1.03 bits per heavy atom. The average molecular weight is 460 g/mol. The van der Waals surface area contributed by atoms with Crippen LogP contribution in [0.25, 0.3) is 11.1 Å². The normalized spacial score (nSPS) is 14.8. The first kappa shape index (κ1) is 21.7. The molecule has 5 rings (SSSR count). The summed E-state index contributed by atoms with van der Waals surface area (Å²) in [6, 6.07) is 16.3. The molecule has 0 bridgehead atoms. The maximum atomic E-state index is 12.3. The lowest BCUT2D eigenvalue weighted by Gasteiger charge is -2.36. The number of aromatic nitrogens is 2. The van der Waals surface area contributed by atoms with Crippen molar-refractivity contribution in [2.75, 3.05) is 26.2 Å². The summed E-state index contributed by atoms with van der Waals surface area (Å²) in [5, 5.41) is 11.7. The molecule has 1 aliphatic carbocycles. The molecule has 2 amide bonds. The summed E-state index contributed by atoms with van der Waals surface area (Å²) in [5.74, 6) is -1.69. The van der Waals surface area contributed by atoms with E-state index in [2.05, 4.69) is 34.6 Å². The quantitative estimate of drug-likeness (QED) is 0.560. The molecule has 2 heterocycles. The maximum absolute atomic E-state index is 12.3. The van der Waals surface area contributed by atoms with Gasteiger partial charge in [0.25, 0.3) is 5.91 Å². The number of nitrogens with one attached hydrogen (secondary N) is 1. The van der Waals surface area contributed by atoms with Gasteiger partial charge in [0, 0.05) is 38.3 Å². The van der Waals surface area contributed by atoms with E-state index in [1.165, 1.54) is 22.4 Å². The fourth-order valence-electron chi connectivity index (χ4n) is 4.49. The van der Waals surface area contributed by atoms with E-state index in [1.807, 2.05) is 24.3 Å². The first-order valence-corrected chi connectivity index (χ1v) is 11.1. The summed E-state index contributed by atoms with van der Waals surface area (Å²) in [5.41, 5.74) is 4.92. The summed E-state index contributed by atoms with van der Waals surface area (Å²) < 4.78 is 7.22. The minimum atomic E-state index is -0.895. The van der Waals surface area contributed by atoms with Crippen LogP contribution in [-0.4, -0.2) is 63.8 Å². The number of nitrogens with zero attached hydrogens (tertiary/aromatic N) is 3. The third kappa shape index (κ3) is 4.12. The number of alkyl carbamates (subject to hydrolysis) is 1. The predicted molar refractivity (Wildman–Crippen MR) is 122 cm³/mol. The second kappa shape index (κ2) is 9.01. The second-order valence-electron chi connectivity index (χ2n) is 8.49. The van der Waals surface area contributed by atoms with Gasteiger partial charge in [0.2, 0.25) is 0 Å². The van der Waals surface area contributed by atoms with Crippen LogP contribution >= 0.6 is 0 Å². The predicted octanol–water partition coefficient (Wildman–Crippen LogP) is 2.58. The Hall–Kier alpha value is -4.14. The van der Waals surface area contributed by atoms with Crippen LogP contribution in [0.15, 0.2) is 61.1 Å². The highest BCUT2D eigenvalue weighted by Gasteiger charge is 2.36. The van der Waals surface area contributed by atoms with Gasteiger partial charge in [0.05, 0.1) is 12.2 Å². The van der Waals surface area contributed by atoms with Crippen LogP contribution in [0.1, 0.15) is 27.5 Å². The summed E-state index contributed by atoms with van der Waals surface area (Å²) >= 11 is 0. The monoisotopic (exact) mass is 460 g/mol. The number of hydrogen-bond acceptors (Lipinski definition) is 5. The van der Waals surface area contributed by atoms with Crippen molar-refractivity contribution in [1.82, 2.24) is 19.8 Å². The number of amides is 2. The van der Waals surface area contributed by atoms with Gasteiger partial charge in [-0.15, -0.1) is 0 Å². The molecule has 3 aromatic rings. The number of benzene rings is 2. The van der Waals surface area contributed by atoms with Crippen LogP contribution in [0, 0.1) is 5.92 Å². The van der Waals surface area contributed by atoms with E-state index in [9.17, 15) is 14.4 Å². The fourth-order valence-corrected chi connectivity index (χ4v) is 4.49. The van der Waals surface area contributed by atoms with Crippen LogP contribution < -0.4 is 5.32 Å². The molecular formula is C25H24N4O5. The zero-order chi connectivity index (χ0) is 23.7. The number of imidazole rings is 1. The Bertz CT molecular complexity index is 1200. The number of hydrogen-bond donors (Lipinski definition) is 2. The fraction of sp³-hybridized carbons (Fsp3) is 0.280. The number of carbonyl (C=O) groups is 3. The molecule has 1 aliphatic heterocycles. The van der Waals surface area contributed by atoms with Crippen LogP contribution in [0.4, 0.5) is 4.79 Å². The molecule has 1 aromatic heterocycles. The number of rotatable bonds is 7. The van der Waals surface area contributed by atoms with Crippen molar-refractivity contribution >= 4 is 18.0 Å². The number of aliphatic carboxylic acids is 1. The molecule has 9 nitrogen and oxygen atoms in total. The van der Waals surface area contributed by atoms with Gasteiger partial charge in [0.1, 0.15) is 12.3 Å². The van der Waals surface area contributed by atoms with Gasteiger partial charge >= 0.3 is 12.1 Å². The largest absolute Gasteiger partial charge is 0.481 e. The van der Waals surface area contributed by atoms with E-state index >= 15 is 0 Å². The summed E-state index contributed by atoms with van der Waals surface area (Å²) in [4.78, 5) is 41.1. The number of likely N-dealkylation sites (tertiary alicyclic amines) is 1. The minimum Gasteiger partial charge on any atom is -0.481 e. The highest BCUT2D eigenvalue weighted by Crippen LogP contribution is 2.44. The first-order valence-electron chi connectivity index (χ1n) is 11.1. The third-order valence-electron chi connectivity index (χ3n) is 6.35. The van der Waals surface area contributed by atoms with Gasteiger partial charge in [-0.05, 0) is 22.3 Å². The number of carboxylic acids is 1.